The summed E-state index contributed by atoms with van der Waals surface area (Å²) in [4.78, 5) is 25.0. The van der Waals surface area contributed by atoms with Crippen molar-refractivity contribution in [2.45, 2.75) is 36.0 Å². The van der Waals surface area contributed by atoms with Crippen molar-refractivity contribution in [2.75, 3.05) is 11.9 Å². The highest BCUT2D eigenvalue weighted by molar-refractivity contribution is 8.00. The van der Waals surface area contributed by atoms with E-state index < -0.39 is 0 Å². The number of amides is 2. The fourth-order valence-corrected chi connectivity index (χ4v) is 3.40. The largest absolute Gasteiger partial charge is 0.348 e. The molecule has 4 N–H and O–H groups in total. The number of fused-ring (bicyclic) bond motifs is 1. The fourth-order valence-electron chi connectivity index (χ4n) is 2.47. The number of hydrogen-bond acceptors (Lipinski definition) is 4. The van der Waals surface area contributed by atoms with Gasteiger partial charge >= 0.3 is 0 Å². The highest BCUT2D eigenvalue weighted by atomic mass is 32.2. The molecule has 2 atom stereocenters. The van der Waals surface area contributed by atoms with Crippen LogP contribution in [0.1, 0.15) is 30.1 Å². The second-order valence-electron chi connectivity index (χ2n) is 5.61. The second kappa shape index (κ2) is 5.69. The summed E-state index contributed by atoms with van der Waals surface area (Å²) in [6, 6.07) is 5.48. The van der Waals surface area contributed by atoms with E-state index in [0.29, 0.717) is 23.7 Å². The Bertz CT molecular complexity index is 586. The number of carbonyl (C=O) groups is 2. The molecule has 1 aromatic rings. The van der Waals surface area contributed by atoms with Crippen molar-refractivity contribution in [3.8, 4) is 0 Å². The van der Waals surface area contributed by atoms with Gasteiger partial charge in [-0.15, -0.1) is 11.8 Å². The normalized spacial score (nSPS) is 22.2. The van der Waals surface area contributed by atoms with Crippen LogP contribution in [0.4, 0.5) is 5.69 Å². The van der Waals surface area contributed by atoms with Gasteiger partial charge in [0.2, 0.25) is 5.91 Å². The van der Waals surface area contributed by atoms with Crippen LogP contribution < -0.4 is 16.4 Å². The minimum absolute atomic E-state index is 0.0251. The third kappa shape index (κ3) is 3.06. The lowest BCUT2D eigenvalue weighted by molar-refractivity contribution is -0.115. The van der Waals surface area contributed by atoms with Gasteiger partial charge in [0, 0.05) is 23.0 Å². The predicted octanol–water partition coefficient (Wildman–Crippen LogP) is 1.59. The number of hydrogen-bond donors (Lipinski definition) is 3. The first-order valence-electron chi connectivity index (χ1n) is 7.21. The Labute approximate surface area is 128 Å². The van der Waals surface area contributed by atoms with Gasteiger partial charge in [-0.3, -0.25) is 9.59 Å². The molecular formula is C15H19N3O2S. The lowest BCUT2D eigenvalue weighted by Gasteiger charge is -2.22. The average molecular weight is 305 g/mol. The number of carbonyl (C=O) groups excluding carboxylic acids is 2. The van der Waals surface area contributed by atoms with E-state index in [1.165, 1.54) is 11.8 Å². The van der Waals surface area contributed by atoms with Crippen LogP contribution in [-0.4, -0.2) is 29.7 Å². The van der Waals surface area contributed by atoms with Crippen molar-refractivity contribution in [2.24, 2.45) is 11.7 Å². The monoisotopic (exact) mass is 305 g/mol. The summed E-state index contributed by atoms with van der Waals surface area (Å²) in [5, 5.41) is 5.73. The molecule has 2 unspecified atom stereocenters. The first-order chi connectivity index (χ1) is 10.1. The van der Waals surface area contributed by atoms with Gasteiger partial charge in [-0.1, -0.05) is 0 Å². The number of thioether (sulfide) groups is 1. The molecule has 6 heteroatoms. The zero-order chi connectivity index (χ0) is 15.0. The Morgan fingerprint density at radius 2 is 2.29 bits per heavy atom. The summed E-state index contributed by atoms with van der Waals surface area (Å²) in [5.41, 5.74) is 6.98. The minimum Gasteiger partial charge on any atom is -0.348 e. The Balaban J connectivity index is 1.75. The molecule has 2 amide bonds. The lowest BCUT2D eigenvalue weighted by atomic mass is 10.1. The SMILES string of the molecule is CC1Sc2ccc(C(=O)NC(CN)C3CC3)cc2NC1=O. The first-order valence-corrected chi connectivity index (χ1v) is 8.09. The Kier molecular flexibility index (Phi) is 3.91. The van der Waals surface area contributed by atoms with Gasteiger partial charge in [0.05, 0.1) is 10.9 Å². The molecule has 5 nitrogen and oxygen atoms in total. The molecule has 0 aromatic heterocycles. The van der Waals surface area contributed by atoms with Crippen LogP contribution in [0.2, 0.25) is 0 Å². The van der Waals surface area contributed by atoms with Crippen molar-refractivity contribution < 1.29 is 9.59 Å². The Morgan fingerprint density at radius 1 is 1.52 bits per heavy atom. The summed E-state index contributed by atoms with van der Waals surface area (Å²) in [7, 11) is 0. The topological polar surface area (TPSA) is 84.2 Å². The van der Waals surface area contributed by atoms with E-state index in [1.807, 2.05) is 13.0 Å². The van der Waals surface area contributed by atoms with Crippen LogP contribution in [-0.2, 0) is 4.79 Å². The molecular weight excluding hydrogens is 286 g/mol. The molecule has 3 rings (SSSR count). The van der Waals surface area contributed by atoms with Gasteiger partial charge in [0.15, 0.2) is 0 Å². The zero-order valence-corrected chi connectivity index (χ0v) is 12.7. The van der Waals surface area contributed by atoms with E-state index >= 15 is 0 Å². The highest BCUT2D eigenvalue weighted by Gasteiger charge is 2.31. The van der Waals surface area contributed by atoms with Gasteiger partial charge < -0.3 is 16.4 Å². The number of benzene rings is 1. The van der Waals surface area contributed by atoms with Crippen molar-refractivity contribution in [1.82, 2.24) is 5.32 Å². The standard InChI is InChI=1S/C15H19N3O2S/c1-8-14(19)17-11-6-10(4-5-13(11)21-8)15(20)18-12(7-16)9-2-3-9/h4-6,8-9,12H,2-3,7,16H2,1H3,(H,17,19)(H,18,20). The van der Waals surface area contributed by atoms with Crippen LogP contribution in [0.5, 0.6) is 0 Å². The molecule has 2 aliphatic rings. The maximum atomic E-state index is 12.3. The molecule has 112 valence electrons. The molecule has 0 radical (unpaired) electrons. The molecule has 0 saturated heterocycles. The van der Waals surface area contributed by atoms with Gasteiger partial charge in [-0.05, 0) is 43.9 Å². The summed E-state index contributed by atoms with van der Waals surface area (Å²) in [6.07, 6.45) is 2.27. The quantitative estimate of drug-likeness (QED) is 0.788. The average Bonchev–Trinajstić information content (AvgIpc) is 3.30. The lowest BCUT2D eigenvalue weighted by Crippen LogP contribution is -2.41. The van der Waals surface area contributed by atoms with E-state index in [9.17, 15) is 9.59 Å². The van der Waals surface area contributed by atoms with Crippen LogP contribution in [0.25, 0.3) is 0 Å². The summed E-state index contributed by atoms with van der Waals surface area (Å²) < 4.78 is 0. The van der Waals surface area contributed by atoms with Crippen molar-refractivity contribution >= 4 is 29.3 Å². The van der Waals surface area contributed by atoms with Crippen molar-refractivity contribution in [1.29, 1.82) is 0 Å². The Hall–Kier alpha value is -1.53. The number of anilines is 1. The van der Waals surface area contributed by atoms with Crippen LogP contribution in [0.15, 0.2) is 23.1 Å². The van der Waals surface area contributed by atoms with Crippen molar-refractivity contribution in [3.63, 3.8) is 0 Å². The molecule has 1 saturated carbocycles. The van der Waals surface area contributed by atoms with Crippen molar-refractivity contribution in [3.05, 3.63) is 23.8 Å². The predicted molar refractivity (Wildman–Crippen MR) is 83.4 cm³/mol. The smallest absolute Gasteiger partial charge is 0.251 e. The summed E-state index contributed by atoms with van der Waals surface area (Å²) in [5.74, 6) is 0.369. The molecule has 1 aliphatic heterocycles. The molecule has 21 heavy (non-hydrogen) atoms. The molecule has 1 fully saturated rings. The fraction of sp³-hybridized carbons (Fsp3) is 0.467. The third-order valence-corrected chi connectivity index (χ3v) is 5.11. The molecule has 0 spiro atoms. The summed E-state index contributed by atoms with van der Waals surface area (Å²) in [6.45, 7) is 2.33. The van der Waals surface area contributed by atoms with Crippen LogP contribution in [0, 0.1) is 5.92 Å². The highest BCUT2D eigenvalue weighted by Crippen LogP contribution is 2.36. The molecule has 1 aliphatic carbocycles. The van der Waals surface area contributed by atoms with Gasteiger partial charge in [0.25, 0.3) is 5.91 Å². The number of rotatable bonds is 4. The maximum absolute atomic E-state index is 12.3. The molecule has 1 aromatic carbocycles. The molecule has 0 bridgehead atoms. The van der Waals surface area contributed by atoms with Gasteiger partial charge in [0.1, 0.15) is 0 Å². The van der Waals surface area contributed by atoms with Gasteiger partial charge in [-0.2, -0.15) is 0 Å². The number of nitrogens with one attached hydrogen (secondary N) is 2. The third-order valence-electron chi connectivity index (χ3n) is 3.93. The number of nitrogens with two attached hydrogens (primary N) is 1. The van der Waals surface area contributed by atoms with Crippen LogP contribution in [0.3, 0.4) is 0 Å². The van der Waals surface area contributed by atoms with Gasteiger partial charge in [-0.25, -0.2) is 0 Å². The van der Waals surface area contributed by atoms with E-state index in [0.717, 1.165) is 17.7 Å². The van der Waals surface area contributed by atoms with Crippen LogP contribution >= 0.6 is 11.8 Å². The summed E-state index contributed by atoms with van der Waals surface area (Å²) >= 11 is 1.51. The second-order valence-corrected chi connectivity index (χ2v) is 7.00. The van der Waals surface area contributed by atoms with E-state index in [1.54, 1.807) is 12.1 Å². The molecule has 1 heterocycles. The zero-order valence-electron chi connectivity index (χ0n) is 11.9. The minimum atomic E-state index is -0.127. The maximum Gasteiger partial charge on any atom is 0.251 e. The Morgan fingerprint density at radius 3 is 2.95 bits per heavy atom. The first kappa shape index (κ1) is 14.4. The van der Waals surface area contributed by atoms with E-state index in [-0.39, 0.29) is 23.1 Å². The van der Waals surface area contributed by atoms with E-state index in [2.05, 4.69) is 10.6 Å². The van der Waals surface area contributed by atoms with E-state index in [4.69, 9.17) is 5.73 Å².